The molecule has 0 atom stereocenters. The summed E-state index contributed by atoms with van der Waals surface area (Å²) in [5.41, 5.74) is 0.865. The summed E-state index contributed by atoms with van der Waals surface area (Å²) in [4.78, 5) is 24.2. The first-order valence-electron chi connectivity index (χ1n) is 7.29. The number of nitrogens with one attached hydrogen (secondary N) is 1. The van der Waals surface area contributed by atoms with Gasteiger partial charge in [0.25, 0.3) is 5.91 Å². The maximum atomic E-state index is 12.8. The van der Waals surface area contributed by atoms with E-state index in [0.717, 1.165) is 11.6 Å². The lowest BCUT2D eigenvalue weighted by atomic mass is 10.1. The summed E-state index contributed by atoms with van der Waals surface area (Å²) >= 11 is 5.85. The van der Waals surface area contributed by atoms with Crippen molar-refractivity contribution in [2.45, 2.75) is 6.42 Å². The molecule has 1 heterocycles. The molecule has 0 unspecified atom stereocenters. The Morgan fingerprint density at radius 1 is 1.12 bits per heavy atom. The van der Waals surface area contributed by atoms with Crippen molar-refractivity contribution in [3.05, 3.63) is 80.9 Å². The number of rotatable bonds is 4. The van der Waals surface area contributed by atoms with Crippen LogP contribution in [0.2, 0.25) is 5.02 Å². The molecule has 4 nitrogen and oxygen atoms in total. The van der Waals surface area contributed by atoms with Gasteiger partial charge in [0, 0.05) is 17.6 Å². The van der Waals surface area contributed by atoms with Gasteiger partial charge in [-0.3, -0.25) is 9.59 Å². The Labute approximate surface area is 141 Å². The summed E-state index contributed by atoms with van der Waals surface area (Å²) in [6, 6.07) is 11.8. The number of carbonyl (C=O) groups is 1. The molecular formula is C18H13ClFNO3. The molecule has 6 heteroatoms. The van der Waals surface area contributed by atoms with Gasteiger partial charge in [-0.25, -0.2) is 4.39 Å². The summed E-state index contributed by atoms with van der Waals surface area (Å²) in [7, 11) is 0. The molecule has 1 aromatic heterocycles. The second-order valence-corrected chi connectivity index (χ2v) is 5.68. The molecule has 2 aromatic carbocycles. The van der Waals surface area contributed by atoms with Crippen molar-refractivity contribution < 1.29 is 13.6 Å². The molecule has 24 heavy (non-hydrogen) atoms. The highest BCUT2D eigenvalue weighted by atomic mass is 35.5. The predicted octanol–water partition coefficient (Wildman–Crippen LogP) is 3.56. The third kappa shape index (κ3) is 3.63. The van der Waals surface area contributed by atoms with Crippen molar-refractivity contribution in [3.63, 3.8) is 0 Å². The fraction of sp³-hybridized carbons (Fsp3) is 0.111. The van der Waals surface area contributed by atoms with Crippen LogP contribution < -0.4 is 10.7 Å². The van der Waals surface area contributed by atoms with Gasteiger partial charge in [-0.15, -0.1) is 0 Å². The summed E-state index contributed by atoms with van der Waals surface area (Å²) in [6.45, 7) is 0.340. The number of fused-ring (bicyclic) bond motifs is 1. The molecule has 0 saturated carbocycles. The minimum absolute atomic E-state index is 0.0612. The summed E-state index contributed by atoms with van der Waals surface area (Å²) in [5.74, 6) is -0.846. The van der Waals surface area contributed by atoms with Crippen LogP contribution in [-0.2, 0) is 6.42 Å². The van der Waals surface area contributed by atoms with E-state index in [-0.39, 0.29) is 17.0 Å². The molecule has 0 radical (unpaired) electrons. The van der Waals surface area contributed by atoms with Crippen LogP contribution >= 0.6 is 11.6 Å². The van der Waals surface area contributed by atoms with Crippen molar-refractivity contribution in [1.29, 1.82) is 0 Å². The van der Waals surface area contributed by atoms with Crippen LogP contribution in [0, 0.1) is 5.82 Å². The van der Waals surface area contributed by atoms with Crippen molar-refractivity contribution in [3.8, 4) is 0 Å². The zero-order valence-electron chi connectivity index (χ0n) is 12.5. The van der Waals surface area contributed by atoms with Gasteiger partial charge in [0.05, 0.1) is 5.39 Å². The zero-order valence-corrected chi connectivity index (χ0v) is 13.3. The molecule has 0 saturated heterocycles. The van der Waals surface area contributed by atoms with Gasteiger partial charge in [0.15, 0.2) is 11.2 Å². The third-order valence-corrected chi connectivity index (χ3v) is 3.76. The van der Waals surface area contributed by atoms with Gasteiger partial charge in [-0.1, -0.05) is 23.7 Å². The minimum Gasteiger partial charge on any atom is -0.451 e. The van der Waals surface area contributed by atoms with Gasteiger partial charge in [-0.2, -0.15) is 0 Å². The number of hydrogen-bond donors (Lipinski definition) is 1. The first-order chi connectivity index (χ1) is 11.5. The van der Waals surface area contributed by atoms with E-state index >= 15 is 0 Å². The van der Waals surface area contributed by atoms with Crippen molar-refractivity contribution in [1.82, 2.24) is 5.32 Å². The van der Waals surface area contributed by atoms with Gasteiger partial charge in [0.2, 0.25) is 0 Å². The fourth-order valence-corrected chi connectivity index (χ4v) is 2.47. The van der Waals surface area contributed by atoms with E-state index < -0.39 is 5.91 Å². The highest BCUT2D eigenvalue weighted by Gasteiger charge is 2.12. The second-order valence-electron chi connectivity index (χ2n) is 5.25. The fourth-order valence-electron chi connectivity index (χ4n) is 2.30. The molecule has 0 spiro atoms. The van der Waals surface area contributed by atoms with E-state index in [1.165, 1.54) is 18.2 Å². The van der Waals surface area contributed by atoms with Crippen LogP contribution in [0.3, 0.4) is 0 Å². The molecule has 0 fully saturated rings. The van der Waals surface area contributed by atoms with Crippen molar-refractivity contribution in [2.75, 3.05) is 6.54 Å². The first kappa shape index (κ1) is 16.2. The smallest absolute Gasteiger partial charge is 0.287 e. The maximum Gasteiger partial charge on any atom is 0.287 e. The molecule has 122 valence electrons. The van der Waals surface area contributed by atoms with E-state index in [1.807, 2.05) is 0 Å². The lowest BCUT2D eigenvalue weighted by Gasteiger charge is -2.06. The molecule has 0 aliphatic carbocycles. The third-order valence-electron chi connectivity index (χ3n) is 3.53. The average molecular weight is 346 g/mol. The Balaban J connectivity index is 1.71. The molecule has 0 aliphatic heterocycles. The second kappa shape index (κ2) is 6.84. The molecular weight excluding hydrogens is 333 g/mol. The summed E-state index contributed by atoms with van der Waals surface area (Å²) < 4.78 is 18.3. The quantitative estimate of drug-likeness (QED) is 0.786. The molecule has 0 aliphatic rings. The Hall–Kier alpha value is -2.66. The van der Waals surface area contributed by atoms with Crippen LogP contribution in [0.4, 0.5) is 4.39 Å². The normalized spacial score (nSPS) is 10.8. The predicted molar refractivity (Wildman–Crippen MR) is 89.9 cm³/mol. The van der Waals surface area contributed by atoms with Gasteiger partial charge >= 0.3 is 0 Å². The zero-order chi connectivity index (χ0) is 17.1. The van der Waals surface area contributed by atoms with Crippen LogP contribution in [-0.4, -0.2) is 12.5 Å². The van der Waals surface area contributed by atoms with E-state index in [2.05, 4.69) is 5.32 Å². The molecule has 0 bridgehead atoms. The van der Waals surface area contributed by atoms with Gasteiger partial charge in [-0.05, 0) is 42.3 Å². The van der Waals surface area contributed by atoms with Crippen LogP contribution in [0.1, 0.15) is 16.1 Å². The minimum atomic E-state index is -0.480. The molecule has 3 rings (SSSR count). The lowest BCUT2D eigenvalue weighted by molar-refractivity contribution is 0.0927. The Kier molecular flexibility index (Phi) is 4.62. The van der Waals surface area contributed by atoms with E-state index in [0.29, 0.717) is 29.0 Å². The number of amides is 1. The summed E-state index contributed by atoms with van der Waals surface area (Å²) in [6.07, 6.45) is 0.541. The first-order valence-corrected chi connectivity index (χ1v) is 7.67. The number of benzene rings is 2. The van der Waals surface area contributed by atoms with Gasteiger partial charge < -0.3 is 9.73 Å². The van der Waals surface area contributed by atoms with E-state index in [1.54, 1.807) is 24.3 Å². The Morgan fingerprint density at radius 3 is 2.62 bits per heavy atom. The highest BCUT2D eigenvalue weighted by Crippen LogP contribution is 2.17. The molecule has 1 amide bonds. The number of halogens is 2. The Bertz CT molecular complexity index is 951. The van der Waals surface area contributed by atoms with Crippen LogP contribution in [0.15, 0.2) is 57.7 Å². The summed E-state index contributed by atoms with van der Waals surface area (Å²) in [5, 5.41) is 3.42. The maximum absolute atomic E-state index is 12.8. The standard InChI is InChI=1S/C18H13ClFNO3/c19-12-3-6-16-14(9-12)15(22)10-17(24-16)18(23)21-8-7-11-1-4-13(20)5-2-11/h1-6,9-10H,7-8H2,(H,21,23). The average Bonchev–Trinajstić information content (AvgIpc) is 2.57. The topological polar surface area (TPSA) is 59.3 Å². The number of carbonyl (C=O) groups excluding carboxylic acids is 1. The monoisotopic (exact) mass is 345 g/mol. The molecule has 3 aromatic rings. The van der Waals surface area contributed by atoms with E-state index in [4.69, 9.17) is 16.0 Å². The van der Waals surface area contributed by atoms with Crippen molar-refractivity contribution >= 4 is 28.5 Å². The molecule has 1 N–H and O–H groups in total. The van der Waals surface area contributed by atoms with E-state index in [9.17, 15) is 14.0 Å². The highest BCUT2D eigenvalue weighted by molar-refractivity contribution is 6.31. The largest absolute Gasteiger partial charge is 0.451 e. The van der Waals surface area contributed by atoms with Crippen LogP contribution in [0.25, 0.3) is 11.0 Å². The van der Waals surface area contributed by atoms with Crippen molar-refractivity contribution in [2.24, 2.45) is 0 Å². The number of hydrogen-bond acceptors (Lipinski definition) is 3. The SMILES string of the molecule is O=C(NCCc1ccc(F)cc1)c1cc(=O)c2cc(Cl)ccc2o1. The van der Waals surface area contributed by atoms with Gasteiger partial charge in [0.1, 0.15) is 11.4 Å². The lowest BCUT2D eigenvalue weighted by Crippen LogP contribution is -2.26. The van der Waals surface area contributed by atoms with Crippen LogP contribution in [0.5, 0.6) is 0 Å². The Morgan fingerprint density at radius 2 is 1.88 bits per heavy atom.